The summed E-state index contributed by atoms with van der Waals surface area (Å²) in [5.74, 6) is 0.542. The van der Waals surface area contributed by atoms with E-state index in [1.165, 1.54) is 10.4 Å². The van der Waals surface area contributed by atoms with E-state index in [1.54, 1.807) is 11.3 Å². The Morgan fingerprint density at radius 2 is 1.87 bits per heavy atom. The molecule has 2 rings (SSSR count). The lowest BCUT2D eigenvalue weighted by atomic mass is 10.0. The van der Waals surface area contributed by atoms with Gasteiger partial charge in [-0.1, -0.05) is 39.0 Å². The van der Waals surface area contributed by atoms with E-state index in [-0.39, 0.29) is 11.9 Å². The summed E-state index contributed by atoms with van der Waals surface area (Å²) in [5, 5.41) is 5.10. The molecule has 0 saturated carbocycles. The van der Waals surface area contributed by atoms with Crippen molar-refractivity contribution in [2.24, 2.45) is 0 Å². The highest BCUT2D eigenvalue weighted by molar-refractivity contribution is 7.09. The van der Waals surface area contributed by atoms with E-state index < -0.39 is 0 Å². The number of benzene rings is 1. The second kappa shape index (κ2) is 8.27. The minimum absolute atomic E-state index is 0.0423. The predicted octanol–water partition coefficient (Wildman–Crippen LogP) is 4.72. The van der Waals surface area contributed by atoms with Crippen molar-refractivity contribution in [2.45, 2.75) is 46.2 Å². The average Bonchev–Trinajstić information content (AvgIpc) is 3.05. The third kappa shape index (κ3) is 4.91. The normalized spacial score (nSPS) is 12.6. The molecule has 0 spiro atoms. The van der Waals surface area contributed by atoms with Gasteiger partial charge < -0.3 is 5.32 Å². The van der Waals surface area contributed by atoms with E-state index in [2.05, 4.69) is 60.6 Å². The van der Waals surface area contributed by atoms with Crippen molar-refractivity contribution in [3.05, 3.63) is 52.2 Å². The molecule has 1 aromatic heterocycles. The molecule has 0 saturated heterocycles. The van der Waals surface area contributed by atoms with Crippen molar-refractivity contribution in [1.29, 1.82) is 0 Å². The summed E-state index contributed by atoms with van der Waals surface area (Å²) in [6.07, 6.45) is 0. The van der Waals surface area contributed by atoms with Crippen molar-refractivity contribution < 1.29 is 4.79 Å². The van der Waals surface area contributed by atoms with Gasteiger partial charge in [0, 0.05) is 17.1 Å². The number of rotatable bonds is 7. The lowest BCUT2D eigenvalue weighted by molar-refractivity contribution is -0.120. The van der Waals surface area contributed by atoms with Crippen LogP contribution in [0.15, 0.2) is 41.8 Å². The third-order valence-corrected chi connectivity index (χ3v) is 4.98. The summed E-state index contributed by atoms with van der Waals surface area (Å²) < 4.78 is 0. The van der Waals surface area contributed by atoms with E-state index in [4.69, 9.17) is 0 Å². The van der Waals surface area contributed by atoms with Gasteiger partial charge in [0.2, 0.25) is 5.91 Å². The zero-order valence-corrected chi connectivity index (χ0v) is 15.2. The number of anilines is 1. The Bertz CT molecular complexity index is 605. The molecule has 3 nitrogen and oxygen atoms in total. The Balaban J connectivity index is 1.97. The van der Waals surface area contributed by atoms with Gasteiger partial charge in [-0.25, -0.2) is 0 Å². The fourth-order valence-electron chi connectivity index (χ4n) is 2.49. The van der Waals surface area contributed by atoms with Crippen LogP contribution >= 0.6 is 11.3 Å². The van der Waals surface area contributed by atoms with Gasteiger partial charge in [-0.05, 0) is 48.5 Å². The molecule has 124 valence electrons. The van der Waals surface area contributed by atoms with Crippen molar-refractivity contribution in [1.82, 2.24) is 4.90 Å². The zero-order valence-electron chi connectivity index (χ0n) is 14.4. The first-order valence-corrected chi connectivity index (χ1v) is 9.06. The van der Waals surface area contributed by atoms with Crippen LogP contribution in [0.25, 0.3) is 0 Å². The van der Waals surface area contributed by atoms with Gasteiger partial charge in [-0.2, -0.15) is 0 Å². The van der Waals surface area contributed by atoms with Gasteiger partial charge >= 0.3 is 0 Å². The standard InChI is InChI=1S/C19H26N2OS/c1-5-21(13-18-7-6-12-23-18)15(4)19(22)20-17-10-8-16(9-11-17)14(2)3/h6-12,14-15H,5,13H2,1-4H3,(H,20,22)/t15-/m0/s1. The molecule has 1 atom stereocenters. The molecule has 0 bridgehead atoms. The van der Waals surface area contributed by atoms with E-state index in [0.29, 0.717) is 5.92 Å². The van der Waals surface area contributed by atoms with Crippen LogP contribution in [0, 0.1) is 0 Å². The fourth-order valence-corrected chi connectivity index (χ4v) is 3.22. The minimum atomic E-state index is -0.160. The number of nitrogens with one attached hydrogen (secondary N) is 1. The van der Waals surface area contributed by atoms with Gasteiger partial charge in [0.05, 0.1) is 6.04 Å². The molecular weight excluding hydrogens is 304 g/mol. The molecule has 0 unspecified atom stereocenters. The van der Waals surface area contributed by atoms with E-state index >= 15 is 0 Å². The van der Waals surface area contributed by atoms with Crippen LogP contribution in [0.5, 0.6) is 0 Å². The second-order valence-electron chi connectivity index (χ2n) is 6.08. The smallest absolute Gasteiger partial charge is 0.241 e. The summed E-state index contributed by atoms with van der Waals surface area (Å²) in [7, 11) is 0. The zero-order chi connectivity index (χ0) is 16.8. The maximum Gasteiger partial charge on any atom is 0.241 e. The minimum Gasteiger partial charge on any atom is -0.325 e. The van der Waals surface area contributed by atoms with Crippen molar-refractivity contribution >= 4 is 22.9 Å². The van der Waals surface area contributed by atoms with Crippen LogP contribution in [0.4, 0.5) is 5.69 Å². The SMILES string of the molecule is CCN(Cc1cccs1)[C@@H](C)C(=O)Nc1ccc(C(C)C)cc1. The van der Waals surface area contributed by atoms with Crippen LogP contribution in [0.3, 0.4) is 0 Å². The number of hydrogen-bond donors (Lipinski definition) is 1. The van der Waals surface area contributed by atoms with E-state index in [9.17, 15) is 4.79 Å². The molecule has 1 amide bonds. The summed E-state index contributed by atoms with van der Waals surface area (Å²) in [5.41, 5.74) is 2.14. The maximum atomic E-state index is 12.5. The Labute approximate surface area is 143 Å². The quantitative estimate of drug-likeness (QED) is 0.796. The largest absolute Gasteiger partial charge is 0.325 e. The number of amides is 1. The molecule has 0 aliphatic rings. The van der Waals surface area contributed by atoms with Gasteiger partial charge in [0.15, 0.2) is 0 Å². The van der Waals surface area contributed by atoms with Crippen LogP contribution < -0.4 is 5.32 Å². The number of likely N-dealkylation sites (N-methyl/N-ethyl adjacent to an activating group) is 1. The first kappa shape index (κ1) is 17.7. The maximum absolute atomic E-state index is 12.5. The Kier molecular flexibility index (Phi) is 6.37. The first-order chi connectivity index (χ1) is 11.0. The Hall–Kier alpha value is -1.65. The molecule has 2 aromatic rings. The average molecular weight is 330 g/mol. The summed E-state index contributed by atoms with van der Waals surface area (Å²) in [4.78, 5) is 16.0. The number of thiophene rings is 1. The first-order valence-electron chi connectivity index (χ1n) is 8.18. The van der Waals surface area contributed by atoms with Crippen molar-refractivity contribution in [2.75, 3.05) is 11.9 Å². The second-order valence-corrected chi connectivity index (χ2v) is 7.12. The van der Waals surface area contributed by atoms with Crippen LogP contribution in [-0.2, 0) is 11.3 Å². The molecular formula is C19H26N2OS. The van der Waals surface area contributed by atoms with Gasteiger partial charge in [0.25, 0.3) is 0 Å². The molecule has 4 heteroatoms. The molecule has 0 fully saturated rings. The van der Waals surface area contributed by atoms with Crippen LogP contribution in [0.1, 0.15) is 44.1 Å². The molecule has 1 aromatic carbocycles. The summed E-state index contributed by atoms with van der Waals surface area (Å²) in [6, 6.07) is 12.1. The molecule has 0 aliphatic carbocycles. The van der Waals surface area contributed by atoms with E-state index in [0.717, 1.165) is 18.8 Å². The lowest BCUT2D eigenvalue weighted by Crippen LogP contribution is -2.41. The van der Waals surface area contributed by atoms with Crippen molar-refractivity contribution in [3.63, 3.8) is 0 Å². The van der Waals surface area contributed by atoms with Crippen LogP contribution in [0.2, 0.25) is 0 Å². The summed E-state index contributed by atoms with van der Waals surface area (Å²) >= 11 is 1.73. The topological polar surface area (TPSA) is 32.3 Å². The highest BCUT2D eigenvalue weighted by Crippen LogP contribution is 2.18. The van der Waals surface area contributed by atoms with Gasteiger partial charge in [0.1, 0.15) is 0 Å². The molecule has 0 aliphatic heterocycles. The number of hydrogen-bond acceptors (Lipinski definition) is 3. The molecule has 23 heavy (non-hydrogen) atoms. The Morgan fingerprint density at radius 1 is 1.17 bits per heavy atom. The van der Waals surface area contributed by atoms with Crippen LogP contribution in [-0.4, -0.2) is 23.4 Å². The van der Waals surface area contributed by atoms with Crippen molar-refractivity contribution in [3.8, 4) is 0 Å². The highest BCUT2D eigenvalue weighted by Gasteiger charge is 2.20. The molecule has 1 N–H and O–H groups in total. The van der Waals surface area contributed by atoms with E-state index in [1.807, 2.05) is 19.1 Å². The predicted molar refractivity (Wildman–Crippen MR) is 99.0 cm³/mol. The van der Waals surface area contributed by atoms with Gasteiger partial charge in [-0.15, -0.1) is 11.3 Å². The highest BCUT2D eigenvalue weighted by atomic mass is 32.1. The summed E-state index contributed by atoms with van der Waals surface area (Å²) in [6.45, 7) is 10.1. The monoisotopic (exact) mass is 330 g/mol. The number of carbonyl (C=O) groups is 1. The van der Waals surface area contributed by atoms with Gasteiger partial charge in [-0.3, -0.25) is 9.69 Å². The molecule has 1 heterocycles. The Morgan fingerprint density at radius 3 is 2.39 bits per heavy atom. The lowest BCUT2D eigenvalue weighted by Gasteiger charge is -2.26. The fraction of sp³-hybridized carbons (Fsp3) is 0.421. The number of carbonyl (C=O) groups excluding carboxylic acids is 1. The molecule has 0 radical (unpaired) electrons. The number of nitrogens with zero attached hydrogens (tertiary/aromatic N) is 1. The third-order valence-electron chi connectivity index (χ3n) is 4.12.